The van der Waals surface area contributed by atoms with Gasteiger partial charge < -0.3 is 15.4 Å². The molecule has 0 aliphatic carbocycles. The molecule has 0 bridgehead atoms. The van der Waals surface area contributed by atoms with Crippen molar-refractivity contribution in [1.29, 1.82) is 0 Å². The molecule has 9 nitrogen and oxygen atoms in total. The maximum atomic E-state index is 13.5. The van der Waals surface area contributed by atoms with Gasteiger partial charge in [0, 0.05) is 29.8 Å². The number of hydrogen-bond donors (Lipinski definition) is 2. The monoisotopic (exact) mass is 627 g/mol. The number of carbonyl (C=O) groups excluding carboxylic acids is 1. The number of fused-ring (bicyclic) bond motifs is 1. The predicted octanol–water partition coefficient (Wildman–Crippen LogP) is 6.37. The van der Waals surface area contributed by atoms with Crippen molar-refractivity contribution in [2.24, 2.45) is 0 Å². The van der Waals surface area contributed by atoms with Gasteiger partial charge in [-0.05, 0) is 66.6 Å². The van der Waals surface area contributed by atoms with E-state index in [1.807, 2.05) is 0 Å². The third-order valence-electron chi connectivity index (χ3n) is 6.58. The smallest absolute Gasteiger partial charge is 0.422 e. The van der Waals surface area contributed by atoms with Gasteiger partial charge in [-0.2, -0.15) is 18.2 Å². The molecule has 1 atom stereocenters. The average Bonchev–Trinajstić information content (AvgIpc) is 3.37. The van der Waals surface area contributed by atoms with Crippen LogP contribution in [0.4, 0.5) is 34.9 Å². The molecule has 0 saturated heterocycles. The van der Waals surface area contributed by atoms with Crippen molar-refractivity contribution in [3.63, 3.8) is 0 Å². The van der Waals surface area contributed by atoms with E-state index in [1.165, 1.54) is 28.8 Å². The Hall–Kier alpha value is -4.98. The number of nitrogens with zero attached hydrogens (tertiary/aromatic N) is 3. The second-order valence-electron chi connectivity index (χ2n) is 9.96. The van der Waals surface area contributed by atoms with Crippen LogP contribution in [0.3, 0.4) is 0 Å². The molecule has 0 radical (unpaired) electrons. The number of rotatable bonds is 9. The maximum Gasteiger partial charge on any atom is 0.422 e. The van der Waals surface area contributed by atoms with Gasteiger partial charge in [-0.15, -0.1) is 5.10 Å². The van der Waals surface area contributed by atoms with E-state index in [2.05, 4.69) is 20.7 Å². The van der Waals surface area contributed by atoms with Crippen LogP contribution in [-0.2, 0) is 14.6 Å². The molecule has 2 aromatic heterocycles. The van der Waals surface area contributed by atoms with Crippen LogP contribution in [0.1, 0.15) is 18.4 Å². The van der Waals surface area contributed by atoms with Crippen LogP contribution in [0.2, 0.25) is 0 Å². The minimum atomic E-state index is -4.64. The zero-order valence-corrected chi connectivity index (χ0v) is 24.1. The highest BCUT2D eigenvalue weighted by atomic mass is 32.2. The molecule has 44 heavy (non-hydrogen) atoms. The Kier molecular flexibility index (Phi) is 8.28. The summed E-state index contributed by atoms with van der Waals surface area (Å²) in [6.45, 7) is 0.0707. The Morgan fingerprint density at radius 3 is 2.41 bits per heavy atom. The van der Waals surface area contributed by atoms with E-state index in [9.17, 15) is 30.8 Å². The first kappa shape index (κ1) is 30.5. The zero-order valence-electron chi connectivity index (χ0n) is 23.3. The van der Waals surface area contributed by atoms with Crippen LogP contribution in [0.15, 0.2) is 90.0 Å². The van der Waals surface area contributed by atoms with Crippen LogP contribution in [0.25, 0.3) is 16.8 Å². The predicted molar refractivity (Wildman–Crippen MR) is 156 cm³/mol. The summed E-state index contributed by atoms with van der Waals surface area (Å²) < 4.78 is 82.2. The number of halogens is 4. The first-order valence-corrected chi connectivity index (χ1v) is 15.0. The summed E-state index contributed by atoms with van der Waals surface area (Å²) in [5.74, 6) is -1.56. The van der Waals surface area contributed by atoms with E-state index in [-0.39, 0.29) is 28.2 Å². The molecule has 0 fully saturated rings. The molecule has 0 spiro atoms. The van der Waals surface area contributed by atoms with Gasteiger partial charge in [0.1, 0.15) is 11.6 Å². The van der Waals surface area contributed by atoms with Crippen LogP contribution in [-0.4, -0.2) is 48.0 Å². The Morgan fingerprint density at radius 2 is 1.73 bits per heavy atom. The molecule has 14 heteroatoms. The van der Waals surface area contributed by atoms with Crippen LogP contribution >= 0.6 is 0 Å². The van der Waals surface area contributed by atoms with E-state index >= 15 is 0 Å². The van der Waals surface area contributed by atoms with Gasteiger partial charge in [0.25, 0.3) is 0 Å². The number of pyridine rings is 1. The first-order valence-electron chi connectivity index (χ1n) is 13.1. The lowest BCUT2D eigenvalue weighted by molar-refractivity contribution is -0.153. The van der Waals surface area contributed by atoms with E-state index in [0.717, 1.165) is 23.4 Å². The van der Waals surface area contributed by atoms with Gasteiger partial charge in [0.05, 0.1) is 16.5 Å². The van der Waals surface area contributed by atoms with Crippen molar-refractivity contribution in [2.75, 3.05) is 23.5 Å². The Morgan fingerprint density at radius 1 is 1.00 bits per heavy atom. The topological polar surface area (TPSA) is 115 Å². The van der Waals surface area contributed by atoms with Gasteiger partial charge in [0.15, 0.2) is 22.1 Å². The number of aromatic nitrogens is 3. The zero-order chi connectivity index (χ0) is 31.6. The molecule has 5 aromatic rings. The summed E-state index contributed by atoms with van der Waals surface area (Å²) >= 11 is 0. The standard InChI is InChI=1S/C30H25F4N5O4S/c1-18(20-4-3-5-22(31)14-20)28(40)35-23-9-6-19(7-10-23)21-8-13-27-37-29(38-39(27)16-21)36-25-12-11-24(44(2,41)42)15-26(25)43-17-30(32,33)34/h3-16,18H,17H2,1-2H3,(H,35,40)(H,36,38)/t18-/m1/s1. The molecule has 2 N–H and O–H groups in total. The molecule has 0 aliphatic heterocycles. The number of alkyl halides is 3. The summed E-state index contributed by atoms with van der Waals surface area (Å²) in [5.41, 5.74) is 3.14. The minimum absolute atomic E-state index is 0.0385. The Balaban J connectivity index is 1.32. The minimum Gasteiger partial charge on any atom is -0.482 e. The van der Waals surface area contributed by atoms with Crippen molar-refractivity contribution in [1.82, 2.24) is 14.6 Å². The molecule has 0 saturated carbocycles. The Bertz CT molecular complexity index is 1940. The molecule has 0 aliphatic rings. The highest BCUT2D eigenvalue weighted by Crippen LogP contribution is 2.32. The largest absolute Gasteiger partial charge is 0.482 e. The molecule has 3 aromatic carbocycles. The number of anilines is 3. The fraction of sp³-hybridized carbons (Fsp3) is 0.167. The molecular formula is C30H25F4N5O4S. The van der Waals surface area contributed by atoms with Gasteiger partial charge in [0.2, 0.25) is 11.9 Å². The van der Waals surface area contributed by atoms with Gasteiger partial charge in [-0.25, -0.2) is 17.3 Å². The number of hydrogen-bond acceptors (Lipinski definition) is 7. The molecule has 2 heterocycles. The Labute approximate surface area is 249 Å². The van der Waals surface area contributed by atoms with Gasteiger partial charge in [-0.3, -0.25) is 4.79 Å². The summed E-state index contributed by atoms with van der Waals surface area (Å²) in [6.07, 6.45) is -2.01. The fourth-order valence-corrected chi connectivity index (χ4v) is 4.90. The number of nitrogens with one attached hydrogen (secondary N) is 2. The quantitative estimate of drug-likeness (QED) is 0.183. The highest BCUT2D eigenvalue weighted by Gasteiger charge is 2.29. The second kappa shape index (κ2) is 12.0. The van der Waals surface area contributed by atoms with Crippen molar-refractivity contribution < 1.29 is 35.5 Å². The molecule has 5 rings (SSSR count). The lowest BCUT2D eigenvalue weighted by atomic mass is 10.00. The lowest BCUT2D eigenvalue weighted by Crippen LogP contribution is -2.19. The lowest BCUT2D eigenvalue weighted by Gasteiger charge is -2.14. The van der Waals surface area contributed by atoms with Crippen LogP contribution < -0.4 is 15.4 Å². The number of carbonyl (C=O) groups is 1. The van der Waals surface area contributed by atoms with Crippen molar-refractivity contribution >= 4 is 38.7 Å². The maximum absolute atomic E-state index is 13.5. The van der Waals surface area contributed by atoms with Crippen molar-refractivity contribution in [2.45, 2.75) is 23.9 Å². The summed E-state index contributed by atoms with van der Waals surface area (Å²) in [7, 11) is -3.70. The molecule has 228 valence electrons. The van der Waals surface area contributed by atoms with E-state index in [1.54, 1.807) is 61.7 Å². The number of amides is 1. The molecule has 1 amide bonds. The number of ether oxygens (including phenoxy) is 1. The number of benzene rings is 3. The number of sulfone groups is 1. The van der Waals surface area contributed by atoms with Gasteiger partial charge in [-0.1, -0.05) is 24.3 Å². The summed E-state index contributed by atoms with van der Waals surface area (Å²) in [6, 6.07) is 19.9. The molecule has 0 unspecified atom stereocenters. The molecular weight excluding hydrogens is 602 g/mol. The van der Waals surface area contributed by atoms with Crippen molar-refractivity contribution in [3.05, 3.63) is 96.4 Å². The average molecular weight is 628 g/mol. The SMILES string of the molecule is C[C@@H](C(=O)Nc1ccc(-c2ccc3nc(Nc4ccc(S(C)(=O)=O)cc4OCC(F)(F)F)nn3c2)cc1)c1cccc(F)c1. The third kappa shape index (κ3) is 7.32. The highest BCUT2D eigenvalue weighted by molar-refractivity contribution is 7.90. The third-order valence-corrected chi connectivity index (χ3v) is 7.69. The van der Waals surface area contributed by atoms with Gasteiger partial charge >= 0.3 is 6.18 Å². The summed E-state index contributed by atoms with van der Waals surface area (Å²) in [5, 5.41) is 9.96. The normalized spacial score (nSPS) is 12.6. The summed E-state index contributed by atoms with van der Waals surface area (Å²) in [4.78, 5) is 16.8. The first-order chi connectivity index (χ1) is 20.7. The van der Waals surface area contributed by atoms with Crippen molar-refractivity contribution in [3.8, 4) is 16.9 Å². The second-order valence-corrected chi connectivity index (χ2v) is 12.0. The fourth-order valence-electron chi connectivity index (χ4n) is 4.27. The van der Waals surface area contributed by atoms with Crippen LogP contribution in [0, 0.1) is 5.82 Å². The van der Waals surface area contributed by atoms with Crippen LogP contribution in [0.5, 0.6) is 5.75 Å². The van der Waals surface area contributed by atoms with E-state index < -0.39 is 34.4 Å². The van der Waals surface area contributed by atoms with E-state index in [0.29, 0.717) is 16.9 Å². The van der Waals surface area contributed by atoms with E-state index in [4.69, 9.17) is 4.74 Å².